The number of nitrogens with zero attached hydrogens (tertiary/aromatic N) is 1. The molecule has 3 nitrogen and oxygen atoms in total. The Morgan fingerprint density at radius 3 is 2.24 bits per heavy atom. The summed E-state index contributed by atoms with van der Waals surface area (Å²) in [6, 6.07) is 8.20. The number of benzene rings is 1. The minimum atomic E-state index is -1.99. The molecule has 182 valence electrons. The van der Waals surface area contributed by atoms with Crippen LogP contribution in [-0.4, -0.2) is 18.4 Å². The number of aryl methyl sites for hydroxylation is 1. The van der Waals surface area contributed by atoms with Crippen molar-refractivity contribution in [1.29, 1.82) is 0 Å². The first-order chi connectivity index (χ1) is 15.0. The average Bonchev–Trinajstić information content (AvgIpc) is 2.65. The molecule has 2 aromatic rings. The van der Waals surface area contributed by atoms with E-state index >= 15 is 0 Å². The molecular formula is C28H42INO2Si. The number of fused-ring (bicyclic) bond motifs is 1. The summed E-state index contributed by atoms with van der Waals surface area (Å²) in [6.07, 6.45) is 1.23. The van der Waals surface area contributed by atoms with Crippen molar-refractivity contribution in [2.24, 2.45) is 5.41 Å². The molecule has 3 rings (SSSR count). The van der Waals surface area contributed by atoms with E-state index in [-0.39, 0.29) is 22.5 Å². The van der Waals surface area contributed by atoms with E-state index in [1.165, 1.54) is 11.1 Å². The smallest absolute Gasteiger partial charge is 0.192 e. The van der Waals surface area contributed by atoms with Gasteiger partial charge in [0.25, 0.3) is 0 Å². The molecule has 0 amide bonds. The summed E-state index contributed by atoms with van der Waals surface area (Å²) in [5, 5.41) is 11.7. The molecular weight excluding hydrogens is 537 g/mol. The predicted octanol–water partition coefficient (Wildman–Crippen LogP) is 8.24. The third-order valence-electron chi connectivity index (χ3n) is 7.48. The molecule has 1 heterocycles. The second kappa shape index (κ2) is 9.36. The molecule has 0 fully saturated rings. The van der Waals surface area contributed by atoms with Crippen LogP contribution in [0.1, 0.15) is 107 Å². The number of aliphatic hydroxyl groups is 1. The van der Waals surface area contributed by atoms with Crippen molar-refractivity contribution in [2.45, 2.75) is 104 Å². The summed E-state index contributed by atoms with van der Waals surface area (Å²) in [7, 11) is -1.99. The Bertz CT molecular complexity index is 1010. The van der Waals surface area contributed by atoms with Crippen LogP contribution in [0.5, 0.6) is 0 Å². The molecule has 2 atom stereocenters. The fraction of sp³-hybridized carbons (Fsp3) is 0.607. The molecule has 0 aliphatic heterocycles. The number of rotatable bonds is 5. The fourth-order valence-electron chi connectivity index (χ4n) is 4.49. The van der Waals surface area contributed by atoms with Crippen molar-refractivity contribution in [1.82, 2.24) is 4.98 Å². The summed E-state index contributed by atoms with van der Waals surface area (Å²) in [6.45, 7) is 22.6. The van der Waals surface area contributed by atoms with Crippen LogP contribution in [0.25, 0.3) is 0 Å². The van der Waals surface area contributed by atoms with Gasteiger partial charge in [0, 0.05) is 20.4 Å². The largest absolute Gasteiger partial charge is 0.410 e. The Morgan fingerprint density at radius 2 is 1.73 bits per heavy atom. The van der Waals surface area contributed by atoms with Gasteiger partial charge in [0.1, 0.15) is 6.10 Å². The topological polar surface area (TPSA) is 42.4 Å². The van der Waals surface area contributed by atoms with Crippen LogP contribution in [0.4, 0.5) is 0 Å². The van der Waals surface area contributed by atoms with Crippen molar-refractivity contribution in [2.75, 3.05) is 0 Å². The molecule has 0 bridgehead atoms. The number of halogens is 1. The van der Waals surface area contributed by atoms with Gasteiger partial charge in [-0.2, -0.15) is 0 Å². The lowest BCUT2D eigenvalue weighted by Gasteiger charge is -2.44. The van der Waals surface area contributed by atoms with E-state index in [1.807, 2.05) is 12.1 Å². The van der Waals surface area contributed by atoms with Crippen LogP contribution in [0, 0.1) is 15.9 Å². The van der Waals surface area contributed by atoms with E-state index in [0.29, 0.717) is 0 Å². The van der Waals surface area contributed by atoms with Gasteiger partial charge in [-0.15, -0.1) is 0 Å². The Labute approximate surface area is 216 Å². The first-order valence-corrected chi connectivity index (χ1v) is 16.2. The van der Waals surface area contributed by atoms with Crippen LogP contribution in [0.3, 0.4) is 0 Å². The number of hydrogen-bond acceptors (Lipinski definition) is 3. The summed E-state index contributed by atoms with van der Waals surface area (Å²) >= 11 is 2.47. The summed E-state index contributed by atoms with van der Waals surface area (Å²) in [5.41, 5.74) is 6.57. The van der Waals surface area contributed by atoms with Crippen LogP contribution in [0.15, 0.2) is 24.3 Å². The zero-order valence-corrected chi connectivity index (χ0v) is 25.3. The second-order valence-electron chi connectivity index (χ2n) is 12.5. The minimum Gasteiger partial charge on any atom is -0.410 e. The number of pyridine rings is 1. The van der Waals surface area contributed by atoms with Gasteiger partial charge in [0.15, 0.2) is 8.32 Å². The van der Waals surface area contributed by atoms with E-state index in [0.717, 1.165) is 38.9 Å². The maximum absolute atomic E-state index is 11.6. The third kappa shape index (κ3) is 5.57. The van der Waals surface area contributed by atoms with Gasteiger partial charge < -0.3 is 9.53 Å². The van der Waals surface area contributed by atoms with Gasteiger partial charge in [-0.3, -0.25) is 4.98 Å². The maximum Gasteiger partial charge on any atom is 0.192 e. The molecule has 1 aliphatic rings. The van der Waals surface area contributed by atoms with E-state index in [9.17, 15) is 5.11 Å². The lowest BCUT2D eigenvalue weighted by atomic mass is 9.74. The normalized spacial score (nSPS) is 19.5. The Hall–Kier alpha value is -0.763. The van der Waals surface area contributed by atoms with Gasteiger partial charge in [-0.1, -0.05) is 78.3 Å². The average molecular weight is 580 g/mol. The lowest BCUT2D eigenvalue weighted by Crippen LogP contribution is -2.44. The van der Waals surface area contributed by atoms with Gasteiger partial charge >= 0.3 is 0 Å². The lowest BCUT2D eigenvalue weighted by molar-refractivity contribution is 0.104. The molecule has 1 N–H and O–H groups in total. The quantitative estimate of drug-likeness (QED) is 0.287. The SMILES string of the molecule is Cc1ccc([C@H](O)c2c(C(C)C)nc3c(c2I)[C@@H](O[Si](C)(C)C(C)(C)C)CC(C)(C)C3)cc1. The van der Waals surface area contributed by atoms with Crippen molar-refractivity contribution in [3.8, 4) is 0 Å². The molecule has 0 spiro atoms. The molecule has 1 aliphatic carbocycles. The first kappa shape index (κ1) is 26.8. The standard InChI is InChI=1S/C28H42INO2Si/c1-17(2)25-23(26(31)19-13-11-18(3)12-14-19)24(29)22-20(30-25)15-28(7,8)16-21(22)32-33(9,10)27(4,5)6/h11-14,17,21,26,31H,15-16H2,1-10H3/t21-,26-/m0/s1. The van der Waals surface area contributed by atoms with Crippen LogP contribution < -0.4 is 0 Å². The van der Waals surface area contributed by atoms with Gasteiger partial charge in [-0.25, -0.2) is 0 Å². The highest BCUT2D eigenvalue weighted by atomic mass is 127. The first-order valence-electron chi connectivity index (χ1n) is 12.2. The summed E-state index contributed by atoms with van der Waals surface area (Å²) < 4.78 is 8.19. The molecule has 1 aromatic carbocycles. The minimum absolute atomic E-state index is 0.00854. The maximum atomic E-state index is 11.6. The van der Waals surface area contributed by atoms with Crippen LogP contribution in [0.2, 0.25) is 18.1 Å². The van der Waals surface area contributed by atoms with E-state index in [2.05, 4.69) is 103 Å². The second-order valence-corrected chi connectivity index (χ2v) is 18.3. The van der Waals surface area contributed by atoms with Gasteiger partial charge in [0.2, 0.25) is 0 Å². The highest BCUT2D eigenvalue weighted by Gasteiger charge is 2.44. The molecule has 5 heteroatoms. The predicted molar refractivity (Wildman–Crippen MR) is 149 cm³/mol. The third-order valence-corrected chi connectivity index (χ3v) is 13.1. The summed E-state index contributed by atoms with van der Waals surface area (Å²) in [5.74, 6) is 0.226. The van der Waals surface area contributed by atoms with Crippen LogP contribution in [-0.2, 0) is 10.8 Å². The fourth-order valence-corrected chi connectivity index (χ4v) is 6.99. The highest BCUT2D eigenvalue weighted by Crippen LogP contribution is 2.50. The molecule has 1 aromatic heterocycles. The van der Waals surface area contributed by atoms with Crippen LogP contribution >= 0.6 is 22.6 Å². The van der Waals surface area contributed by atoms with Crippen molar-refractivity contribution >= 4 is 30.9 Å². The molecule has 33 heavy (non-hydrogen) atoms. The number of aliphatic hydroxyl groups excluding tert-OH is 1. The van der Waals surface area contributed by atoms with E-state index in [4.69, 9.17) is 9.41 Å². The summed E-state index contributed by atoms with van der Waals surface area (Å²) in [4.78, 5) is 5.25. The Morgan fingerprint density at radius 1 is 1.15 bits per heavy atom. The number of aromatic nitrogens is 1. The van der Waals surface area contributed by atoms with E-state index < -0.39 is 14.4 Å². The molecule has 0 unspecified atom stereocenters. The molecule has 0 radical (unpaired) electrons. The van der Waals surface area contributed by atoms with Gasteiger partial charge in [0.05, 0.1) is 11.8 Å². The zero-order chi connectivity index (χ0) is 24.9. The Kier molecular flexibility index (Phi) is 7.61. The molecule has 0 saturated carbocycles. The van der Waals surface area contributed by atoms with Crippen molar-refractivity contribution < 1.29 is 9.53 Å². The molecule has 0 saturated heterocycles. The van der Waals surface area contributed by atoms with Crippen molar-refractivity contribution in [3.05, 3.63) is 61.5 Å². The monoisotopic (exact) mass is 579 g/mol. The zero-order valence-electron chi connectivity index (χ0n) is 22.1. The van der Waals surface area contributed by atoms with E-state index in [1.54, 1.807) is 0 Å². The Balaban J connectivity index is 2.21. The van der Waals surface area contributed by atoms with Gasteiger partial charge in [-0.05, 0) is 77.4 Å². The highest BCUT2D eigenvalue weighted by molar-refractivity contribution is 14.1. The number of hydrogen-bond donors (Lipinski definition) is 1. The van der Waals surface area contributed by atoms with Crippen molar-refractivity contribution in [3.63, 3.8) is 0 Å².